The van der Waals surface area contributed by atoms with Crippen LogP contribution in [-0.2, 0) is 6.54 Å². The van der Waals surface area contributed by atoms with Crippen molar-refractivity contribution < 1.29 is 4.52 Å². The average molecular weight is 307 g/mol. The molecule has 0 radical (unpaired) electrons. The molecular formula is C14H21N5OS. The van der Waals surface area contributed by atoms with Crippen LogP contribution in [0.1, 0.15) is 38.4 Å². The van der Waals surface area contributed by atoms with E-state index in [1.54, 1.807) is 11.3 Å². The van der Waals surface area contributed by atoms with Crippen molar-refractivity contribution in [2.75, 3.05) is 24.5 Å². The molecule has 1 atom stereocenters. The fraction of sp³-hybridized carbons (Fsp3) is 0.643. The highest BCUT2D eigenvalue weighted by atomic mass is 32.1. The number of aromatic nitrogens is 3. The standard InChI is InChI=1S/C14H21N5OS/c1-10(2)13-16-12(17-20-13)9-18-5-6-19(11(3)8-18)14-15-4-7-21-14/h4,7,10-11H,5-6,8-9H2,1-3H3. The van der Waals surface area contributed by atoms with Gasteiger partial charge in [0.05, 0.1) is 6.54 Å². The molecule has 0 saturated carbocycles. The molecule has 1 aliphatic rings. The molecule has 6 nitrogen and oxygen atoms in total. The van der Waals surface area contributed by atoms with Gasteiger partial charge in [-0.3, -0.25) is 4.90 Å². The molecule has 2 aromatic rings. The molecular weight excluding hydrogens is 286 g/mol. The van der Waals surface area contributed by atoms with E-state index in [0.29, 0.717) is 6.04 Å². The molecule has 3 rings (SSSR count). The van der Waals surface area contributed by atoms with E-state index in [1.165, 1.54) is 0 Å². The van der Waals surface area contributed by atoms with Crippen molar-refractivity contribution in [1.82, 2.24) is 20.0 Å². The summed E-state index contributed by atoms with van der Waals surface area (Å²) in [4.78, 5) is 13.6. The second-order valence-electron chi connectivity index (χ2n) is 5.80. The summed E-state index contributed by atoms with van der Waals surface area (Å²) in [6.45, 7) is 10.1. The molecule has 1 fully saturated rings. The zero-order valence-electron chi connectivity index (χ0n) is 12.7. The minimum Gasteiger partial charge on any atom is -0.343 e. The summed E-state index contributed by atoms with van der Waals surface area (Å²) in [7, 11) is 0. The van der Waals surface area contributed by atoms with Gasteiger partial charge in [0.1, 0.15) is 0 Å². The van der Waals surface area contributed by atoms with E-state index in [1.807, 2.05) is 11.6 Å². The Bertz CT molecular complexity index is 568. The van der Waals surface area contributed by atoms with E-state index in [-0.39, 0.29) is 5.92 Å². The Hall–Kier alpha value is -1.47. The number of thiazole rings is 1. The summed E-state index contributed by atoms with van der Waals surface area (Å²) in [6, 6.07) is 0.446. The first-order valence-electron chi connectivity index (χ1n) is 7.34. The Kier molecular flexibility index (Phi) is 4.21. The fourth-order valence-electron chi connectivity index (χ4n) is 2.58. The molecule has 2 aromatic heterocycles. The Balaban J connectivity index is 1.59. The summed E-state index contributed by atoms with van der Waals surface area (Å²) in [6.07, 6.45) is 1.87. The van der Waals surface area contributed by atoms with Gasteiger partial charge in [-0.1, -0.05) is 19.0 Å². The number of nitrogens with zero attached hydrogens (tertiary/aromatic N) is 5. The van der Waals surface area contributed by atoms with Crippen molar-refractivity contribution in [3.05, 3.63) is 23.3 Å². The molecule has 1 aliphatic heterocycles. The zero-order valence-corrected chi connectivity index (χ0v) is 13.5. The number of hydrogen-bond donors (Lipinski definition) is 0. The third-order valence-electron chi connectivity index (χ3n) is 3.72. The topological polar surface area (TPSA) is 58.3 Å². The second-order valence-corrected chi connectivity index (χ2v) is 6.67. The van der Waals surface area contributed by atoms with E-state index in [0.717, 1.165) is 43.0 Å². The van der Waals surface area contributed by atoms with Gasteiger partial charge in [-0.2, -0.15) is 4.98 Å². The lowest BCUT2D eigenvalue weighted by atomic mass is 10.2. The van der Waals surface area contributed by atoms with E-state index >= 15 is 0 Å². The lowest BCUT2D eigenvalue weighted by molar-refractivity contribution is 0.213. The van der Waals surface area contributed by atoms with Gasteiger partial charge < -0.3 is 9.42 Å². The maximum Gasteiger partial charge on any atom is 0.229 e. The van der Waals surface area contributed by atoms with Crippen molar-refractivity contribution in [3.8, 4) is 0 Å². The van der Waals surface area contributed by atoms with Gasteiger partial charge in [0.2, 0.25) is 5.89 Å². The van der Waals surface area contributed by atoms with Crippen LogP contribution in [0.15, 0.2) is 16.1 Å². The maximum atomic E-state index is 5.27. The van der Waals surface area contributed by atoms with Crippen molar-refractivity contribution in [2.45, 2.75) is 39.3 Å². The van der Waals surface area contributed by atoms with Gasteiger partial charge >= 0.3 is 0 Å². The van der Waals surface area contributed by atoms with E-state index in [4.69, 9.17) is 4.52 Å². The lowest BCUT2D eigenvalue weighted by Crippen LogP contribution is -2.51. The fourth-order valence-corrected chi connectivity index (χ4v) is 3.36. The molecule has 0 aliphatic carbocycles. The molecule has 0 amide bonds. The molecule has 0 N–H and O–H groups in total. The molecule has 0 spiro atoms. The van der Waals surface area contributed by atoms with E-state index in [2.05, 4.69) is 45.7 Å². The summed E-state index contributed by atoms with van der Waals surface area (Å²) in [5, 5.41) is 7.22. The molecule has 1 saturated heterocycles. The van der Waals surface area contributed by atoms with Gasteiger partial charge in [0, 0.05) is 43.2 Å². The Morgan fingerprint density at radius 3 is 2.90 bits per heavy atom. The van der Waals surface area contributed by atoms with Crippen molar-refractivity contribution >= 4 is 16.5 Å². The Morgan fingerprint density at radius 2 is 2.29 bits per heavy atom. The highest BCUT2D eigenvalue weighted by Gasteiger charge is 2.26. The Labute approximate surface area is 128 Å². The summed E-state index contributed by atoms with van der Waals surface area (Å²) in [5.74, 6) is 1.79. The van der Waals surface area contributed by atoms with Crippen LogP contribution < -0.4 is 4.90 Å². The lowest BCUT2D eigenvalue weighted by Gasteiger charge is -2.39. The number of hydrogen-bond acceptors (Lipinski definition) is 7. The predicted octanol–water partition coefficient (Wildman–Crippen LogP) is 2.36. The maximum absolute atomic E-state index is 5.27. The molecule has 114 valence electrons. The van der Waals surface area contributed by atoms with E-state index < -0.39 is 0 Å². The third-order valence-corrected chi connectivity index (χ3v) is 4.53. The number of rotatable bonds is 4. The molecule has 1 unspecified atom stereocenters. The highest BCUT2D eigenvalue weighted by Crippen LogP contribution is 2.23. The van der Waals surface area contributed by atoms with Crippen molar-refractivity contribution in [1.29, 1.82) is 0 Å². The van der Waals surface area contributed by atoms with Crippen LogP contribution in [0.25, 0.3) is 0 Å². The van der Waals surface area contributed by atoms with Crippen LogP contribution in [-0.4, -0.2) is 45.7 Å². The molecule has 0 aromatic carbocycles. The van der Waals surface area contributed by atoms with Crippen LogP contribution in [0.2, 0.25) is 0 Å². The van der Waals surface area contributed by atoms with Gasteiger partial charge in [-0.25, -0.2) is 4.98 Å². The van der Waals surface area contributed by atoms with Crippen LogP contribution >= 0.6 is 11.3 Å². The van der Waals surface area contributed by atoms with Crippen LogP contribution in [0.5, 0.6) is 0 Å². The molecule has 3 heterocycles. The van der Waals surface area contributed by atoms with E-state index in [9.17, 15) is 0 Å². The van der Waals surface area contributed by atoms with Crippen molar-refractivity contribution in [3.63, 3.8) is 0 Å². The first kappa shape index (κ1) is 14.5. The number of piperazine rings is 1. The smallest absolute Gasteiger partial charge is 0.229 e. The second kappa shape index (κ2) is 6.11. The van der Waals surface area contributed by atoms with Crippen molar-refractivity contribution in [2.24, 2.45) is 0 Å². The minimum atomic E-state index is 0.284. The number of anilines is 1. The molecule has 0 bridgehead atoms. The largest absolute Gasteiger partial charge is 0.343 e. The monoisotopic (exact) mass is 307 g/mol. The molecule has 7 heteroatoms. The van der Waals surface area contributed by atoms with Gasteiger partial charge in [-0.15, -0.1) is 11.3 Å². The predicted molar refractivity (Wildman–Crippen MR) is 82.6 cm³/mol. The summed E-state index contributed by atoms with van der Waals surface area (Å²) in [5.41, 5.74) is 0. The normalized spacial score (nSPS) is 20.4. The minimum absolute atomic E-state index is 0.284. The Morgan fingerprint density at radius 1 is 1.43 bits per heavy atom. The molecule has 21 heavy (non-hydrogen) atoms. The van der Waals surface area contributed by atoms with Gasteiger partial charge in [-0.05, 0) is 6.92 Å². The van der Waals surface area contributed by atoms with Crippen LogP contribution in [0.3, 0.4) is 0 Å². The first-order chi connectivity index (χ1) is 10.1. The SMILES string of the molecule is CC(C)c1nc(CN2CCN(c3nccs3)C(C)C2)no1. The first-order valence-corrected chi connectivity index (χ1v) is 8.22. The summed E-state index contributed by atoms with van der Waals surface area (Å²) >= 11 is 1.70. The zero-order chi connectivity index (χ0) is 14.8. The average Bonchev–Trinajstić information content (AvgIpc) is 3.09. The van der Waals surface area contributed by atoms with Gasteiger partial charge in [0.25, 0.3) is 0 Å². The van der Waals surface area contributed by atoms with Crippen LogP contribution in [0.4, 0.5) is 5.13 Å². The van der Waals surface area contributed by atoms with Gasteiger partial charge in [0.15, 0.2) is 11.0 Å². The quantitative estimate of drug-likeness (QED) is 0.864. The third kappa shape index (κ3) is 3.24. The highest BCUT2D eigenvalue weighted by molar-refractivity contribution is 7.13. The summed E-state index contributed by atoms with van der Waals surface area (Å²) < 4.78 is 5.27. The van der Waals surface area contributed by atoms with Crippen LogP contribution in [0, 0.1) is 0 Å².